The van der Waals surface area contributed by atoms with E-state index < -0.39 is 0 Å². The Morgan fingerprint density at radius 2 is 1.95 bits per heavy atom. The van der Waals surface area contributed by atoms with Crippen LogP contribution in [0.5, 0.6) is 0 Å². The number of hydrogen-bond acceptors (Lipinski definition) is 2. The van der Waals surface area contributed by atoms with Crippen LogP contribution in [0.2, 0.25) is 0 Å². The van der Waals surface area contributed by atoms with Crippen molar-refractivity contribution in [3.8, 4) is 0 Å². The van der Waals surface area contributed by atoms with Crippen molar-refractivity contribution in [3.63, 3.8) is 0 Å². The monoisotopic (exact) mass is 348 g/mol. The average molecular weight is 349 g/mol. The molecule has 1 aliphatic carbocycles. The van der Waals surface area contributed by atoms with Gasteiger partial charge >= 0.3 is 0 Å². The van der Waals surface area contributed by atoms with Gasteiger partial charge in [-0.3, -0.25) is 4.90 Å². The van der Waals surface area contributed by atoms with Crippen LogP contribution in [-0.2, 0) is 6.42 Å². The van der Waals surface area contributed by atoms with Crippen molar-refractivity contribution in [2.24, 2.45) is 0 Å². The summed E-state index contributed by atoms with van der Waals surface area (Å²) >= 11 is 3.62. The summed E-state index contributed by atoms with van der Waals surface area (Å²) in [5, 5.41) is 3.78. The number of piperidine rings is 1. The Morgan fingerprint density at radius 3 is 2.67 bits per heavy atom. The fraction of sp³-hybridized carbons (Fsp3) is 0.667. The molecule has 2 nitrogen and oxygen atoms in total. The molecule has 3 atom stereocenters. The lowest BCUT2D eigenvalue weighted by molar-refractivity contribution is 0.0995. The van der Waals surface area contributed by atoms with Crippen molar-refractivity contribution in [3.05, 3.63) is 33.8 Å². The van der Waals surface area contributed by atoms with E-state index in [4.69, 9.17) is 0 Å². The van der Waals surface area contributed by atoms with E-state index in [1.807, 2.05) is 0 Å². The second-order valence-corrected chi connectivity index (χ2v) is 7.91. The van der Waals surface area contributed by atoms with Crippen LogP contribution in [0.1, 0.15) is 56.2 Å². The molecule has 2 saturated heterocycles. The normalized spacial score (nSPS) is 34.4. The molecular formula is C18H25BrN2. The molecule has 2 bridgehead atoms. The summed E-state index contributed by atoms with van der Waals surface area (Å²) < 4.78 is 1.23. The minimum atomic E-state index is 0.653. The van der Waals surface area contributed by atoms with Gasteiger partial charge in [0.25, 0.3) is 0 Å². The minimum absolute atomic E-state index is 0.653. The lowest BCUT2D eigenvalue weighted by Gasteiger charge is -2.41. The Labute approximate surface area is 136 Å². The lowest BCUT2D eigenvalue weighted by atomic mass is 9.95. The zero-order valence-corrected chi connectivity index (χ0v) is 14.4. The first-order valence-corrected chi connectivity index (χ1v) is 9.34. The molecule has 3 aliphatic rings. The van der Waals surface area contributed by atoms with Gasteiger partial charge in [0.2, 0.25) is 0 Å². The molecule has 0 spiro atoms. The first kappa shape index (κ1) is 14.2. The molecule has 4 rings (SSSR count). The molecule has 0 saturated carbocycles. The number of fused-ring (bicyclic) bond motifs is 3. The third-order valence-corrected chi connectivity index (χ3v) is 6.33. The van der Waals surface area contributed by atoms with Crippen molar-refractivity contribution in [2.75, 3.05) is 6.54 Å². The minimum Gasteiger partial charge on any atom is -0.311 e. The maximum Gasteiger partial charge on any atom is 0.0356 e. The summed E-state index contributed by atoms with van der Waals surface area (Å²) in [7, 11) is 0. The Kier molecular flexibility index (Phi) is 3.85. The van der Waals surface area contributed by atoms with Crippen molar-refractivity contribution >= 4 is 15.9 Å². The van der Waals surface area contributed by atoms with E-state index in [1.165, 1.54) is 49.5 Å². The molecule has 1 N–H and O–H groups in total. The maximum atomic E-state index is 3.78. The highest BCUT2D eigenvalue weighted by Gasteiger charge is 2.39. The Bertz CT molecular complexity index is 518. The number of hydrogen-bond donors (Lipinski definition) is 1. The smallest absolute Gasteiger partial charge is 0.0356 e. The van der Waals surface area contributed by atoms with E-state index >= 15 is 0 Å². The molecular weight excluding hydrogens is 324 g/mol. The number of rotatable bonds is 3. The van der Waals surface area contributed by atoms with Gasteiger partial charge in [-0.2, -0.15) is 0 Å². The molecule has 2 heterocycles. The molecule has 114 valence electrons. The summed E-state index contributed by atoms with van der Waals surface area (Å²) in [4.78, 5) is 2.81. The van der Waals surface area contributed by atoms with Gasteiger partial charge in [-0.05, 0) is 68.3 Å². The molecule has 21 heavy (non-hydrogen) atoms. The van der Waals surface area contributed by atoms with Gasteiger partial charge < -0.3 is 5.32 Å². The summed E-state index contributed by atoms with van der Waals surface area (Å²) in [6, 6.07) is 9.91. The predicted octanol–water partition coefficient (Wildman–Crippen LogP) is 4.04. The van der Waals surface area contributed by atoms with Crippen LogP contribution in [0, 0.1) is 0 Å². The first-order valence-electron chi connectivity index (χ1n) is 8.54. The van der Waals surface area contributed by atoms with E-state index in [0.29, 0.717) is 6.04 Å². The zero-order valence-electron chi connectivity index (χ0n) is 12.8. The third-order valence-electron chi connectivity index (χ3n) is 5.83. The van der Waals surface area contributed by atoms with Crippen molar-refractivity contribution in [1.82, 2.24) is 10.2 Å². The zero-order chi connectivity index (χ0) is 14.4. The summed E-state index contributed by atoms with van der Waals surface area (Å²) in [6.45, 7) is 3.53. The number of halogens is 1. The fourth-order valence-corrected chi connectivity index (χ4v) is 5.35. The topological polar surface area (TPSA) is 15.3 Å². The summed E-state index contributed by atoms with van der Waals surface area (Å²) in [5.74, 6) is 0. The van der Waals surface area contributed by atoms with E-state index in [-0.39, 0.29) is 0 Å². The molecule has 2 aliphatic heterocycles. The van der Waals surface area contributed by atoms with Gasteiger partial charge in [0.1, 0.15) is 0 Å². The summed E-state index contributed by atoms with van der Waals surface area (Å²) in [5.41, 5.74) is 3.15. The highest BCUT2D eigenvalue weighted by atomic mass is 79.9. The molecule has 0 aromatic heterocycles. The van der Waals surface area contributed by atoms with Crippen LogP contribution in [0.25, 0.3) is 0 Å². The predicted molar refractivity (Wildman–Crippen MR) is 90.6 cm³/mol. The van der Waals surface area contributed by atoms with Gasteiger partial charge in [-0.15, -0.1) is 0 Å². The van der Waals surface area contributed by atoms with E-state index in [1.54, 1.807) is 11.1 Å². The number of nitrogens with zero attached hydrogens (tertiary/aromatic N) is 1. The highest BCUT2D eigenvalue weighted by Crippen LogP contribution is 2.41. The SMILES string of the molecule is CCN(C1CC2CCC(C1)N2)C1CCc2cc(Br)ccc21. The fourth-order valence-electron chi connectivity index (χ4n) is 4.94. The van der Waals surface area contributed by atoms with E-state index in [0.717, 1.165) is 18.1 Å². The second kappa shape index (κ2) is 5.68. The Balaban J connectivity index is 1.57. The molecule has 2 fully saturated rings. The molecule has 0 amide bonds. The molecule has 0 radical (unpaired) electrons. The molecule has 3 unspecified atom stereocenters. The van der Waals surface area contributed by atoms with E-state index in [9.17, 15) is 0 Å². The van der Waals surface area contributed by atoms with Crippen LogP contribution in [0.3, 0.4) is 0 Å². The van der Waals surface area contributed by atoms with Gasteiger partial charge in [0.05, 0.1) is 0 Å². The van der Waals surface area contributed by atoms with Gasteiger partial charge in [-0.1, -0.05) is 28.9 Å². The standard InChI is InChI=1S/C18H25BrN2/c1-2-21(16-10-14-5-6-15(11-16)20-14)18-8-3-12-9-13(19)4-7-17(12)18/h4,7,9,14-16,18,20H,2-3,5-6,8,10-11H2,1H3. The second-order valence-electron chi connectivity index (χ2n) is 6.99. The quantitative estimate of drug-likeness (QED) is 0.886. The van der Waals surface area contributed by atoms with Crippen LogP contribution in [0.4, 0.5) is 0 Å². The van der Waals surface area contributed by atoms with Crippen molar-refractivity contribution in [2.45, 2.75) is 69.6 Å². The van der Waals surface area contributed by atoms with Crippen LogP contribution >= 0.6 is 15.9 Å². The van der Waals surface area contributed by atoms with Gasteiger partial charge in [0, 0.05) is 28.6 Å². The number of aryl methyl sites for hydroxylation is 1. The third kappa shape index (κ3) is 2.58. The van der Waals surface area contributed by atoms with Crippen LogP contribution in [-0.4, -0.2) is 29.6 Å². The maximum absolute atomic E-state index is 3.78. The van der Waals surface area contributed by atoms with Crippen LogP contribution < -0.4 is 5.32 Å². The number of nitrogens with one attached hydrogen (secondary N) is 1. The Morgan fingerprint density at radius 1 is 1.19 bits per heavy atom. The lowest BCUT2D eigenvalue weighted by Crippen LogP contribution is -2.49. The first-order chi connectivity index (χ1) is 10.2. The van der Waals surface area contributed by atoms with Gasteiger partial charge in [-0.25, -0.2) is 0 Å². The molecule has 3 heteroatoms. The number of benzene rings is 1. The highest BCUT2D eigenvalue weighted by molar-refractivity contribution is 9.10. The largest absolute Gasteiger partial charge is 0.311 e. The molecule has 1 aromatic rings. The molecule has 1 aromatic carbocycles. The van der Waals surface area contributed by atoms with E-state index in [2.05, 4.69) is 51.3 Å². The van der Waals surface area contributed by atoms with Gasteiger partial charge in [0.15, 0.2) is 0 Å². The van der Waals surface area contributed by atoms with Crippen molar-refractivity contribution < 1.29 is 0 Å². The average Bonchev–Trinajstić information content (AvgIpc) is 3.03. The summed E-state index contributed by atoms with van der Waals surface area (Å²) in [6.07, 6.45) is 8.05. The van der Waals surface area contributed by atoms with Crippen molar-refractivity contribution in [1.29, 1.82) is 0 Å². The Hall–Kier alpha value is -0.380. The van der Waals surface area contributed by atoms with Crippen LogP contribution in [0.15, 0.2) is 22.7 Å².